The number of anilines is 1. The summed E-state index contributed by atoms with van der Waals surface area (Å²) in [5.74, 6) is -2.28. The van der Waals surface area contributed by atoms with Crippen molar-refractivity contribution >= 4 is 17.2 Å². The van der Waals surface area contributed by atoms with E-state index in [1.807, 2.05) is 35.2 Å². The highest BCUT2D eigenvalue weighted by atomic mass is 19.1. The van der Waals surface area contributed by atoms with Crippen molar-refractivity contribution in [2.45, 2.75) is 6.17 Å². The van der Waals surface area contributed by atoms with Gasteiger partial charge in [0.25, 0.3) is 0 Å². The Labute approximate surface area is 137 Å². The Hall–Kier alpha value is -2.73. The summed E-state index contributed by atoms with van der Waals surface area (Å²) < 4.78 is 28.5. The monoisotopic (exact) mass is 327 g/mol. The Morgan fingerprint density at radius 2 is 1.71 bits per heavy atom. The van der Waals surface area contributed by atoms with Crippen molar-refractivity contribution in [3.05, 3.63) is 71.9 Å². The minimum absolute atomic E-state index is 0.148. The van der Waals surface area contributed by atoms with Gasteiger partial charge in [0.1, 0.15) is 17.8 Å². The van der Waals surface area contributed by atoms with Crippen LogP contribution in [0.15, 0.2) is 54.7 Å². The molecule has 0 saturated carbocycles. The first-order valence-corrected chi connectivity index (χ1v) is 7.67. The van der Waals surface area contributed by atoms with E-state index in [0.29, 0.717) is 12.2 Å². The smallest absolute Gasteiger partial charge is 0.232 e. The molecule has 4 nitrogen and oxygen atoms in total. The van der Waals surface area contributed by atoms with Crippen molar-refractivity contribution in [3.8, 4) is 0 Å². The van der Waals surface area contributed by atoms with Crippen molar-refractivity contribution in [1.29, 1.82) is 0 Å². The molecule has 2 aromatic carbocycles. The number of benzene rings is 2. The quantitative estimate of drug-likeness (QED) is 0.890. The number of nitrogens with one attached hydrogen (secondary N) is 2. The molecule has 4 rings (SSSR count). The number of nitrogens with zero attached hydrogens (tertiary/aromatic N) is 1. The predicted molar refractivity (Wildman–Crippen MR) is 86.7 cm³/mol. The number of hydrogen-bond donors (Lipinski definition) is 2. The van der Waals surface area contributed by atoms with Gasteiger partial charge in [0, 0.05) is 11.9 Å². The van der Waals surface area contributed by atoms with E-state index in [9.17, 15) is 13.6 Å². The molecule has 0 aromatic heterocycles. The van der Waals surface area contributed by atoms with Gasteiger partial charge in [-0.2, -0.15) is 0 Å². The number of para-hydroxylation sites is 1. The van der Waals surface area contributed by atoms with Crippen LogP contribution in [0.3, 0.4) is 0 Å². The van der Waals surface area contributed by atoms with Gasteiger partial charge in [0.15, 0.2) is 0 Å². The zero-order valence-corrected chi connectivity index (χ0v) is 12.7. The molecule has 2 N–H and O–H groups in total. The Morgan fingerprint density at radius 3 is 2.42 bits per heavy atom. The van der Waals surface area contributed by atoms with E-state index in [4.69, 9.17) is 0 Å². The van der Waals surface area contributed by atoms with Crippen LogP contribution < -0.4 is 15.5 Å². The number of halogens is 2. The van der Waals surface area contributed by atoms with Crippen LogP contribution in [0, 0.1) is 17.6 Å². The Morgan fingerprint density at radius 1 is 1.00 bits per heavy atom. The van der Waals surface area contributed by atoms with E-state index in [1.54, 1.807) is 6.20 Å². The number of fused-ring (bicyclic) bond motifs is 1. The summed E-state index contributed by atoms with van der Waals surface area (Å²) in [5.41, 5.74) is 1.04. The molecule has 0 radical (unpaired) electrons. The second-order valence-corrected chi connectivity index (χ2v) is 5.77. The molecule has 0 bridgehead atoms. The van der Waals surface area contributed by atoms with Crippen LogP contribution in [0.25, 0.3) is 5.57 Å². The van der Waals surface area contributed by atoms with Gasteiger partial charge in [-0.1, -0.05) is 24.3 Å². The zero-order valence-electron chi connectivity index (χ0n) is 12.7. The molecular formula is C18H15F2N3O. The van der Waals surface area contributed by atoms with E-state index in [2.05, 4.69) is 10.6 Å². The summed E-state index contributed by atoms with van der Waals surface area (Å²) in [7, 11) is 0. The maximum absolute atomic E-state index is 14.3. The van der Waals surface area contributed by atoms with E-state index < -0.39 is 17.6 Å². The topological polar surface area (TPSA) is 44.4 Å². The summed E-state index contributed by atoms with van der Waals surface area (Å²) in [4.78, 5) is 14.2. The van der Waals surface area contributed by atoms with Crippen molar-refractivity contribution in [1.82, 2.24) is 10.6 Å². The minimum atomic E-state index is -0.689. The number of hydrogen-bond acceptors (Lipinski definition) is 3. The van der Waals surface area contributed by atoms with Crippen LogP contribution in [0.2, 0.25) is 0 Å². The molecule has 1 fully saturated rings. The first-order chi connectivity index (χ1) is 11.7. The standard InChI is InChI=1S/C18H15F2N3O/c19-13-7-4-8-14(20)15(13)12-9-23(11-5-2-1-3-6-11)17-16(12)18(24)22-10-21-17/h1-9,16-17,21H,10H2,(H,22,24). The lowest BCUT2D eigenvalue weighted by Crippen LogP contribution is -2.58. The summed E-state index contributed by atoms with van der Waals surface area (Å²) >= 11 is 0. The Kier molecular flexibility index (Phi) is 3.54. The first kappa shape index (κ1) is 14.8. The molecule has 122 valence electrons. The average Bonchev–Trinajstić information content (AvgIpc) is 2.96. The van der Waals surface area contributed by atoms with Crippen molar-refractivity contribution in [3.63, 3.8) is 0 Å². The highest BCUT2D eigenvalue weighted by molar-refractivity contribution is 5.96. The SMILES string of the molecule is O=C1NCNC2C1C(c1c(F)cccc1F)=CN2c1ccccc1. The van der Waals surface area contributed by atoms with E-state index in [1.165, 1.54) is 18.2 Å². The number of rotatable bonds is 2. The molecule has 1 amide bonds. The summed E-state index contributed by atoms with van der Waals surface area (Å²) in [5, 5.41) is 5.90. The molecule has 0 spiro atoms. The Bertz CT molecular complexity index is 802. The Balaban J connectivity index is 1.86. The second kappa shape index (κ2) is 5.72. The minimum Gasteiger partial charge on any atom is -0.343 e. The summed E-state index contributed by atoms with van der Waals surface area (Å²) in [6.07, 6.45) is 1.28. The van der Waals surface area contributed by atoms with Gasteiger partial charge in [0.2, 0.25) is 5.91 Å². The van der Waals surface area contributed by atoms with Crippen LogP contribution >= 0.6 is 0 Å². The third kappa shape index (κ3) is 2.27. The molecule has 2 heterocycles. The predicted octanol–water partition coefficient (Wildman–Crippen LogP) is 2.45. The maximum atomic E-state index is 14.3. The fourth-order valence-electron chi connectivity index (χ4n) is 3.32. The molecule has 2 aromatic rings. The van der Waals surface area contributed by atoms with Crippen LogP contribution in [0.5, 0.6) is 0 Å². The molecular weight excluding hydrogens is 312 g/mol. The molecule has 24 heavy (non-hydrogen) atoms. The van der Waals surface area contributed by atoms with Gasteiger partial charge in [-0.25, -0.2) is 8.78 Å². The summed E-state index contributed by atoms with van der Waals surface area (Å²) in [6, 6.07) is 13.1. The van der Waals surface area contributed by atoms with E-state index >= 15 is 0 Å². The molecule has 2 aliphatic rings. The lowest BCUT2D eigenvalue weighted by atomic mass is 9.90. The van der Waals surface area contributed by atoms with Gasteiger partial charge < -0.3 is 10.2 Å². The average molecular weight is 327 g/mol. The van der Waals surface area contributed by atoms with Crippen LogP contribution in [0.1, 0.15) is 5.56 Å². The third-order valence-corrected chi connectivity index (χ3v) is 4.39. The first-order valence-electron chi connectivity index (χ1n) is 7.67. The zero-order chi connectivity index (χ0) is 16.7. The second-order valence-electron chi connectivity index (χ2n) is 5.77. The molecule has 0 aliphatic carbocycles. The molecule has 2 unspecified atom stereocenters. The number of carbonyl (C=O) groups excluding carboxylic acids is 1. The van der Waals surface area contributed by atoms with Gasteiger partial charge >= 0.3 is 0 Å². The van der Waals surface area contributed by atoms with Crippen molar-refractivity contribution < 1.29 is 13.6 Å². The van der Waals surface area contributed by atoms with Crippen molar-refractivity contribution in [2.75, 3.05) is 11.6 Å². The molecule has 6 heteroatoms. The highest BCUT2D eigenvalue weighted by Crippen LogP contribution is 2.40. The van der Waals surface area contributed by atoms with Gasteiger partial charge in [-0.3, -0.25) is 10.1 Å². The maximum Gasteiger partial charge on any atom is 0.232 e. The van der Waals surface area contributed by atoms with Crippen molar-refractivity contribution in [2.24, 2.45) is 5.92 Å². The van der Waals surface area contributed by atoms with Crippen LogP contribution in [-0.4, -0.2) is 18.7 Å². The fraction of sp³-hybridized carbons (Fsp3) is 0.167. The number of carbonyl (C=O) groups is 1. The largest absolute Gasteiger partial charge is 0.343 e. The normalized spacial score (nSPS) is 22.8. The molecule has 1 saturated heterocycles. The molecule has 2 aliphatic heterocycles. The fourth-order valence-corrected chi connectivity index (χ4v) is 3.32. The molecule has 2 atom stereocenters. The van der Waals surface area contributed by atoms with Gasteiger partial charge in [0.05, 0.1) is 18.2 Å². The highest BCUT2D eigenvalue weighted by Gasteiger charge is 2.44. The van der Waals surface area contributed by atoms with Gasteiger partial charge in [-0.05, 0) is 29.8 Å². The lowest BCUT2D eigenvalue weighted by Gasteiger charge is -2.34. The van der Waals surface area contributed by atoms with Crippen LogP contribution in [0.4, 0.5) is 14.5 Å². The number of amides is 1. The van der Waals surface area contributed by atoms with E-state index in [0.717, 1.165) is 5.69 Å². The van der Waals surface area contributed by atoms with E-state index in [-0.39, 0.29) is 17.6 Å². The summed E-state index contributed by atoms with van der Waals surface area (Å²) in [6.45, 7) is 0.310. The van der Waals surface area contributed by atoms with Gasteiger partial charge in [-0.15, -0.1) is 0 Å². The van der Waals surface area contributed by atoms with Crippen LogP contribution in [-0.2, 0) is 4.79 Å². The third-order valence-electron chi connectivity index (χ3n) is 4.39. The lowest BCUT2D eigenvalue weighted by molar-refractivity contribution is -0.125.